The van der Waals surface area contributed by atoms with Crippen molar-refractivity contribution < 1.29 is 27.9 Å². The molecule has 4 heterocycles. The van der Waals surface area contributed by atoms with E-state index in [2.05, 4.69) is 10.4 Å². The summed E-state index contributed by atoms with van der Waals surface area (Å²) >= 11 is 12.6. The number of nitrogens with zero attached hydrogens (tertiary/aromatic N) is 5. The average Bonchev–Trinajstić information content (AvgIpc) is 3.56. The van der Waals surface area contributed by atoms with Gasteiger partial charge in [0.15, 0.2) is 5.82 Å². The van der Waals surface area contributed by atoms with E-state index in [1.165, 1.54) is 15.4 Å². The Bertz CT molecular complexity index is 2780. The number of nitrogens with one attached hydrogen (secondary N) is 1. The van der Waals surface area contributed by atoms with Crippen LogP contribution in [0.4, 0.5) is 19.0 Å². The molecule has 3 aliphatic rings. The summed E-state index contributed by atoms with van der Waals surface area (Å²) in [5.41, 5.74) is -0.226. The summed E-state index contributed by atoms with van der Waals surface area (Å²) in [6, 6.07) is 24.8. The fourth-order valence-electron chi connectivity index (χ4n) is 8.74. The van der Waals surface area contributed by atoms with E-state index < -0.39 is 69.1 Å². The van der Waals surface area contributed by atoms with Gasteiger partial charge in [0.25, 0.3) is 11.8 Å². The molecular weight excluding hydrogens is 772 g/mol. The first kappa shape index (κ1) is 35.6. The molecule has 2 aliphatic heterocycles. The predicted molar refractivity (Wildman–Crippen MR) is 201 cm³/mol. The molecule has 9 rings (SSSR count). The second-order valence-corrected chi connectivity index (χ2v) is 14.7. The maximum Gasteiger partial charge on any atom is 0.417 e. The quantitative estimate of drug-likeness (QED) is 0.142. The Labute approximate surface area is 324 Å². The summed E-state index contributed by atoms with van der Waals surface area (Å²) in [6.45, 7) is -0.0850. The number of aromatic nitrogens is 4. The van der Waals surface area contributed by atoms with Crippen LogP contribution in [0, 0.1) is 5.92 Å². The van der Waals surface area contributed by atoms with Crippen LogP contribution in [0.5, 0.6) is 5.75 Å². The highest BCUT2D eigenvalue weighted by Gasteiger charge is 2.69. The number of phenolic OH excluding ortho intramolecular Hbond substituents is 1. The van der Waals surface area contributed by atoms with Crippen molar-refractivity contribution in [1.29, 1.82) is 0 Å². The van der Waals surface area contributed by atoms with Crippen LogP contribution in [0.2, 0.25) is 10.0 Å². The standard InChI is InChI=1S/C40H27Cl2F3N6O5/c41-24-13-11-22(12-14-24)39-28(35(53)50(36(39)54)47-34-29(42)18-23(20-46-34)40(43,44)45)19-30-27(33(39)32-26-9-5-4-6-21(26)10-15-31(32)52)16-17-48-37(55)49(38(56)51(30)48)25-7-2-1-3-8-25/h1-16,18,20,28,30,33,52H,17,19H2,(H,46,47). The third kappa shape index (κ3) is 5.08. The number of anilines is 1. The zero-order valence-electron chi connectivity index (χ0n) is 28.7. The Kier molecular flexibility index (Phi) is 8.08. The first-order chi connectivity index (χ1) is 26.8. The van der Waals surface area contributed by atoms with E-state index in [9.17, 15) is 32.7 Å². The highest BCUT2D eigenvalue weighted by molar-refractivity contribution is 6.33. The summed E-state index contributed by atoms with van der Waals surface area (Å²) in [6.07, 6.45) is -2.66. The number of carbonyl (C=O) groups excluding carboxylic acids is 2. The zero-order chi connectivity index (χ0) is 39.3. The number of rotatable bonds is 5. The predicted octanol–water partition coefficient (Wildman–Crippen LogP) is 7.00. The van der Waals surface area contributed by atoms with E-state index in [1.54, 1.807) is 78.9 Å². The molecule has 282 valence electrons. The van der Waals surface area contributed by atoms with Crippen molar-refractivity contribution in [2.45, 2.75) is 36.5 Å². The molecule has 1 saturated heterocycles. The molecule has 6 aromatic rings. The average molecular weight is 800 g/mol. The third-order valence-electron chi connectivity index (χ3n) is 11.1. The Morgan fingerprint density at radius 2 is 1.59 bits per heavy atom. The Morgan fingerprint density at radius 3 is 2.30 bits per heavy atom. The van der Waals surface area contributed by atoms with Crippen LogP contribution in [-0.4, -0.2) is 40.8 Å². The lowest BCUT2D eigenvalue weighted by Gasteiger charge is -2.49. The van der Waals surface area contributed by atoms with E-state index in [1.807, 2.05) is 12.1 Å². The van der Waals surface area contributed by atoms with Gasteiger partial charge in [-0.2, -0.15) is 18.2 Å². The van der Waals surface area contributed by atoms with Crippen LogP contribution in [-0.2, 0) is 27.7 Å². The number of amides is 2. The van der Waals surface area contributed by atoms with Crippen molar-refractivity contribution in [3.05, 3.63) is 163 Å². The number of hydrogen-bond acceptors (Lipinski definition) is 7. The van der Waals surface area contributed by atoms with Gasteiger partial charge >= 0.3 is 17.6 Å². The van der Waals surface area contributed by atoms with Crippen LogP contribution >= 0.6 is 23.2 Å². The summed E-state index contributed by atoms with van der Waals surface area (Å²) in [7, 11) is 0. The molecule has 2 fully saturated rings. The minimum atomic E-state index is -4.77. The van der Waals surface area contributed by atoms with Gasteiger partial charge in [-0.15, -0.1) is 0 Å². The number of allylic oxidation sites excluding steroid dienone is 2. The van der Waals surface area contributed by atoms with Crippen LogP contribution < -0.4 is 16.8 Å². The van der Waals surface area contributed by atoms with Gasteiger partial charge in [-0.1, -0.05) is 89.9 Å². The lowest BCUT2D eigenvalue weighted by atomic mass is 9.52. The molecule has 0 radical (unpaired) electrons. The van der Waals surface area contributed by atoms with Crippen LogP contribution in [0.25, 0.3) is 16.5 Å². The number of halogens is 5. The minimum Gasteiger partial charge on any atom is -0.508 e. The maximum absolute atomic E-state index is 15.5. The number of benzene rings is 4. The van der Waals surface area contributed by atoms with Crippen molar-refractivity contribution in [1.82, 2.24) is 23.9 Å². The summed E-state index contributed by atoms with van der Waals surface area (Å²) in [4.78, 5) is 62.6. The van der Waals surface area contributed by atoms with Gasteiger partial charge in [0.2, 0.25) is 0 Å². The fourth-order valence-corrected chi connectivity index (χ4v) is 9.08. The number of hydrogen-bond donors (Lipinski definition) is 2. The van der Waals surface area contributed by atoms with Gasteiger partial charge in [-0.25, -0.2) is 28.5 Å². The van der Waals surface area contributed by atoms with Crippen LogP contribution in [0.1, 0.15) is 35.1 Å². The summed E-state index contributed by atoms with van der Waals surface area (Å²) in [5.74, 6) is -4.66. The number of para-hydroxylation sites is 1. The highest BCUT2D eigenvalue weighted by Crippen LogP contribution is 2.63. The van der Waals surface area contributed by atoms with E-state index in [-0.39, 0.29) is 18.7 Å². The van der Waals surface area contributed by atoms with Crippen molar-refractivity contribution in [2.75, 3.05) is 5.43 Å². The second-order valence-electron chi connectivity index (χ2n) is 13.8. The number of imide groups is 1. The first-order valence-electron chi connectivity index (χ1n) is 17.4. The topological polar surface area (TPSA) is 131 Å². The Morgan fingerprint density at radius 1 is 0.875 bits per heavy atom. The van der Waals surface area contributed by atoms with E-state index in [0.717, 1.165) is 4.57 Å². The molecule has 4 unspecified atom stereocenters. The van der Waals surface area contributed by atoms with Crippen LogP contribution in [0.3, 0.4) is 0 Å². The molecule has 1 aliphatic carbocycles. The third-order valence-corrected chi connectivity index (χ3v) is 11.6. The van der Waals surface area contributed by atoms with Crippen molar-refractivity contribution in [2.24, 2.45) is 5.92 Å². The highest BCUT2D eigenvalue weighted by atomic mass is 35.5. The molecule has 2 N–H and O–H groups in total. The second kappa shape index (κ2) is 12.7. The minimum absolute atomic E-state index is 0.0850. The number of pyridine rings is 1. The number of aromatic hydroxyl groups is 1. The molecule has 2 amide bonds. The number of hydrazine groups is 1. The number of alkyl halides is 3. The van der Waals surface area contributed by atoms with Crippen molar-refractivity contribution >= 4 is 51.6 Å². The molecule has 1 saturated carbocycles. The van der Waals surface area contributed by atoms with E-state index in [0.29, 0.717) is 55.5 Å². The Balaban J connectivity index is 1.31. The summed E-state index contributed by atoms with van der Waals surface area (Å²) < 4.78 is 44.2. The van der Waals surface area contributed by atoms with Crippen molar-refractivity contribution in [3.8, 4) is 11.4 Å². The zero-order valence-corrected chi connectivity index (χ0v) is 30.3. The number of carbonyl (C=O) groups is 2. The molecule has 11 nitrogen and oxygen atoms in total. The molecule has 56 heavy (non-hydrogen) atoms. The van der Waals surface area contributed by atoms with Gasteiger partial charge in [0.05, 0.1) is 40.2 Å². The summed E-state index contributed by atoms with van der Waals surface area (Å²) in [5, 5.41) is 13.7. The fraction of sp³-hybridized carbons (Fsp3) is 0.175. The molecule has 0 bridgehead atoms. The Hall–Kier alpha value is -6.12. The van der Waals surface area contributed by atoms with Gasteiger partial charge in [0, 0.05) is 22.7 Å². The smallest absolute Gasteiger partial charge is 0.417 e. The molecule has 16 heteroatoms. The first-order valence-corrected chi connectivity index (χ1v) is 18.1. The van der Waals surface area contributed by atoms with Gasteiger partial charge in [-0.05, 0) is 64.7 Å². The van der Waals surface area contributed by atoms with Crippen LogP contribution in [0.15, 0.2) is 124 Å². The van der Waals surface area contributed by atoms with E-state index in [4.69, 9.17) is 23.2 Å². The SMILES string of the molecule is O=C1C2CC3C(=CCn4c(=O)n(-c5ccccc5)c(=O)n43)C(c3c(O)ccc4ccccc34)C2(c2ccc(Cl)cc2)C(=O)N1Nc1ncc(C(F)(F)F)cc1Cl. The maximum atomic E-state index is 15.5. The molecular formula is C40H27Cl2F3N6O5. The van der Waals surface area contributed by atoms with Gasteiger partial charge in [0.1, 0.15) is 5.75 Å². The van der Waals surface area contributed by atoms with E-state index >= 15 is 4.79 Å². The molecule has 0 spiro atoms. The lowest BCUT2D eigenvalue weighted by Crippen LogP contribution is -2.53. The lowest BCUT2D eigenvalue weighted by molar-refractivity contribution is -0.139. The van der Waals surface area contributed by atoms with Gasteiger partial charge in [-0.3, -0.25) is 15.0 Å². The molecule has 4 aromatic carbocycles. The molecule has 4 atom stereocenters. The number of fused-ring (bicyclic) bond motifs is 5. The molecule has 2 aromatic heterocycles. The largest absolute Gasteiger partial charge is 0.508 e. The monoisotopic (exact) mass is 798 g/mol. The van der Waals surface area contributed by atoms with Crippen molar-refractivity contribution in [3.63, 3.8) is 0 Å². The van der Waals surface area contributed by atoms with Gasteiger partial charge < -0.3 is 5.11 Å². The number of phenols is 1. The normalized spacial score (nSPS) is 21.8.